The van der Waals surface area contributed by atoms with Crippen molar-refractivity contribution < 1.29 is 9.59 Å². The Morgan fingerprint density at radius 2 is 1.78 bits per heavy atom. The van der Waals surface area contributed by atoms with Crippen molar-refractivity contribution in [3.05, 3.63) is 89.5 Å². The molecule has 162 valence electrons. The molecule has 0 saturated carbocycles. The lowest BCUT2D eigenvalue weighted by Crippen LogP contribution is -2.28. The molecule has 0 aliphatic carbocycles. The van der Waals surface area contributed by atoms with Gasteiger partial charge < -0.3 is 10.6 Å². The summed E-state index contributed by atoms with van der Waals surface area (Å²) in [4.78, 5) is 29.4. The summed E-state index contributed by atoms with van der Waals surface area (Å²) in [6.07, 6.45) is 0. The topological polar surface area (TPSA) is 71.1 Å². The van der Waals surface area contributed by atoms with E-state index in [4.69, 9.17) is 0 Å². The number of aromatic nitrogens is 1. The number of aryl methyl sites for hydroxylation is 1. The quantitative estimate of drug-likeness (QED) is 0.340. The lowest BCUT2D eigenvalue weighted by Gasteiger charge is -2.13. The molecule has 1 heterocycles. The molecule has 5 nitrogen and oxygen atoms in total. The SMILES string of the molecule is Cc1ccc(C(=O)Nc2ccc3nc(SCC(=O)NC(C)c4ccccc4)sc3c2)cc1. The summed E-state index contributed by atoms with van der Waals surface area (Å²) >= 11 is 2.93. The molecule has 0 aliphatic heterocycles. The maximum atomic E-state index is 12.5. The minimum absolute atomic E-state index is 0.0309. The first kappa shape index (κ1) is 22.0. The van der Waals surface area contributed by atoms with Gasteiger partial charge in [0.2, 0.25) is 5.91 Å². The van der Waals surface area contributed by atoms with E-state index in [2.05, 4.69) is 15.6 Å². The fraction of sp³-hybridized carbons (Fsp3) is 0.160. The number of hydrogen-bond donors (Lipinski definition) is 2. The maximum absolute atomic E-state index is 12.5. The molecular weight excluding hydrogens is 438 g/mol. The second-order valence-corrected chi connectivity index (χ2v) is 9.72. The van der Waals surface area contributed by atoms with Gasteiger partial charge in [0.15, 0.2) is 4.34 Å². The summed E-state index contributed by atoms with van der Waals surface area (Å²) in [5.74, 6) is 0.123. The average molecular weight is 462 g/mol. The zero-order chi connectivity index (χ0) is 22.5. The number of thioether (sulfide) groups is 1. The molecule has 4 rings (SSSR count). The number of fused-ring (bicyclic) bond motifs is 1. The average Bonchev–Trinajstić information content (AvgIpc) is 3.21. The lowest BCUT2D eigenvalue weighted by atomic mass is 10.1. The third-order valence-corrected chi connectivity index (χ3v) is 7.11. The zero-order valence-electron chi connectivity index (χ0n) is 17.8. The Morgan fingerprint density at radius 3 is 2.53 bits per heavy atom. The standard InChI is InChI=1S/C25H23N3O2S2/c1-16-8-10-19(11-9-16)24(30)27-20-12-13-21-22(14-20)32-25(28-21)31-15-23(29)26-17(2)18-6-4-3-5-7-18/h3-14,17H,15H2,1-2H3,(H,26,29)(H,27,30). The fourth-order valence-corrected chi connectivity index (χ4v) is 5.11. The summed E-state index contributed by atoms with van der Waals surface area (Å²) in [7, 11) is 0. The molecule has 0 bridgehead atoms. The number of nitrogens with one attached hydrogen (secondary N) is 2. The van der Waals surface area contributed by atoms with Crippen molar-refractivity contribution in [1.82, 2.24) is 10.3 Å². The van der Waals surface area contributed by atoms with Crippen LogP contribution in [0.15, 0.2) is 77.1 Å². The van der Waals surface area contributed by atoms with Gasteiger partial charge in [-0.05, 0) is 49.7 Å². The summed E-state index contributed by atoms with van der Waals surface area (Å²) in [5.41, 5.74) is 4.38. The first-order chi connectivity index (χ1) is 15.5. The second kappa shape index (κ2) is 9.97. The molecular formula is C25H23N3O2S2. The van der Waals surface area contributed by atoms with Crippen LogP contribution >= 0.6 is 23.1 Å². The molecule has 2 amide bonds. The van der Waals surface area contributed by atoms with Gasteiger partial charge in [0.05, 0.1) is 22.0 Å². The van der Waals surface area contributed by atoms with Crippen LogP contribution in [0, 0.1) is 6.92 Å². The fourth-order valence-electron chi connectivity index (χ4n) is 3.19. The smallest absolute Gasteiger partial charge is 0.255 e. The van der Waals surface area contributed by atoms with E-state index in [1.165, 1.54) is 23.1 Å². The van der Waals surface area contributed by atoms with E-state index < -0.39 is 0 Å². The molecule has 0 fully saturated rings. The van der Waals surface area contributed by atoms with Crippen LogP contribution in [-0.4, -0.2) is 22.6 Å². The number of anilines is 1. The molecule has 0 aliphatic rings. The van der Waals surface area contributed by atoms with E-state index in [9.17, 15) is 9.59 Å². The number of nitrogens with zero attached hydrogens (tertiary/aromatic N) is 1. The van der Waals surface area contributed by atoms with Crippen molar-refractivity contribution in [2.45, 2.75) is 24.2 Å². The van der Waals surface area contributed by atoms with Crippen LogP contribution in [-0.2, 0) is 4.79 Å². The molecule has 32 heavy (non-hydrogen) atoms. The molecule has 1 unspecified atom stereocenters. The zero-order valence-corrected chi connectivity index (χ0v) is 19.4. The van der Waals surface area contributed by atoms with Gasteiger partial charge in [-0.1, -0.05) is 59.8 Å². The van der Waals surface area contributed by atoms with E-state index in [0.717, 1.165) is 31.4 Å². The van der Waals surface area contributed by atoms with Crippen molar-refractivity contribution >= 4 is 50.8 Å². The minimum atomic E-state index is -0.146. The van der Waals surface area contributed by atoms with Gasteiger partial charge in [-0.25, -0.2) is 4.98 Å². The van der Waals surface area contributed by atoms with Crippen LogP contribution in [0.25, 0.3) is 10.2 Å². The Bertz CT molecular complexity index is 1240. The number of carbonyl (C=O) groups is 2. The van der Waals surface area contributed by atoms with Crippen molar-refractivity contribution in [3.8, 4) is 0 Å². The van der Waals surface area contributed by atoms with Gasteiger partial charge in [0, 0.05) is 11.3 Å². The number of benzene rings is 3. The van der Waals surface area contributed by atoms with Crippen LogP contribution in [0.5, 0.6) is 0 Å². The normalized spacial score (nSPS) is 11.8. The number of amides is 2. The predicted octanol–water partition coefficient (Wildman–Crippen LogP) is 5.83. The maximum Gasteiger partial charge on any atom is 0.255 e. The van der Waals surface area contributed by atoms with Crippen LogP contribution in [0.4, 0.5) is 5.69 Å². The Hall–Kier alpha value is -3.16. The predicted molar refractivity (Wildman–Crippen MR) is 132 cm³/mol. The molecule has 0 saturated heterocycles. The monoisotopic (exact) mass is 461 g/mol. The van der Waals surface area contributed by atoms with E-state index in [0.29, 0.717) is 11.3 Å². The Morgan fingerprint density at radius 1 is 1.03 bits per heavy atom. The van der Waals surface area contributed by atoms with E-state index in [-0.39, 0.29) is 17.9 Å². The third-order valence-electron chi connectivity index (χ3n) is 4.94. The molecule has 1 aromatic heterocycles. The summed E-state index contributed by atoms with van der Waals surface area (Å²) in [6.45, 7) is 3.96. The van der Waals surface area contributed by atoms with Gasteiger partial charge in [0.1, 0.15) is 0 Å². The Kier molecular flexibility index (Phi) is 6.87. The first-order valence-electron chi connectivity index (χ1n) is 10.2. The highest BCUT2D eigenvalue weighted by atomic mass is 32.2. The number of hydrogen-bond acceptors (Lipinski definition) is 5. The molecule has 0 spiro atoms. The van der Waals surface area contributed by atoms with E-state index >= 15 is 0 Å². The highest BCUT2D eigenvalue weighted by molar-refractivity contribution is 8.01. The minimum Gasteiger partial charge on any atom is -0.349 e. The van der Waals surface area contributed by atoms with Gasteiger partial charge >= 0.3 is 0 Å². The Balaban J connectivity index is 1.36. The van der Waals surface area contributed by atoms with Crippen LogP contribution in [0.3, 0.4) is 0 Å². The van der Waals surface area contributed by atoms with Crippen LogP contribution < -0.4 is 10.6 Å². The first-order valence-corrected chi connectivity index (χ1v) is 12.0. The molecule has 0 radical (unpaired) electrons. The van der Waals surface area contributed by atoms with Crippen LogP contribution in [0.1, 0.15) is 34.5 Å². The third kappa shape index (κ3) is 5.55. The second-order valence-electron chi connectivity index (χ2n) is 7.47. The van der Waals surface area contributed by atoms with Crippen molar-refractivity contribution in [2.75, 3.05) is 11.1 Å². The van der Waals surface area contributed by atoms with E-state index in [1.807, 2.05) is 86.6 Å². The lowest BCUT2D eigenvalue weighted by molar-refractivity contribution is -0.119. The highest BCUT2D eigenvalue weighted by Crippen LogP contribution is 2.31. The number of carbonyl (C=O) groups excluding carboxylic acids is 2. The summed E-state index contributed by atoms with van der Waals surface area (Å²) in [6, 6.07) is 23.0. The van der Waals surface area contributed by atoms with Crippen molar-refractivity contribution in [3.63, 3.8) is 0 Å². The van der Waals surface area contributed by atoms with Gasteiger partial charge in [-0.15, -0.1) is 11.3 Å². The van der Waals surface area contributed by atoms with Gasteiger partial charge in [-0.2, -0.15) is 0 Å². The van der Waals surface area contributed by atoms with E-state index in [1.54, 1.807) is 0 Å². The number of rotatable bonds is 7. The largest absolute Gasteiger partial charge is 0.349 e. The van der Waals surface area contributed by atoms with Crippen molar-refractivity contribution in [1.29, 1.82) is 0 Å². The highest BCUT2D eigenvalue weighted by Gasteiger charge is 2.12. The Labute approximate surface area is 195 Å². The molecule has 7 heteroatoms. The molecule has 3 aromatic carbocycles. The summed E-state index contributed by atoms with van der Waals surface area (Å²) < 4.78 is 1.79. The molecule has 4 aromatic rings. The molecule has 1 atom stereocenters. The van der Waals surface area contributed by atoms with Gasteiger partial charge in [0.25, 0.3) is 5.91 Å². The summed E-state index contributed by atoms with van der Waals surface area (Å²) in [5, 5.41) is 5.95. The number of thiazole rings is 1. The van der Waals surface area contributed by atoms with Crippen LogP contribution in [0.2, 0.25) is 0 Å². The molecule has 2 N–H and O–H groups in total. The van der Waals surface area contributed by atoms with Gasteiger partial charge in [-0.3, -0.25) is 9.59 Å². The van der Waals surface area contributed by atoms with Crippen molar-refractivity contribution in [2.24, 2.45) is 0 Å².